The third-order valence-electron chi connectivity index (χ3n) is 4.71. The molecule has 1 N–H and O–H groups in total. The fourth-order valence-electron chi connectivity index (χ4n) is 3.26. The molecule has 1 atom stereocenters. The molecule has 0 unspecified atom stereocenters. The lowest BCUT2D eigenvalue weighted by Gasteiger charge is -2.17. The molecule has 4 rings (SSSR count). The van der Waals surface area contributed by atoms with Gasteiger partial charge in [0.25, 0.3) is 0 Å². The molecule has 5 heteroatoms. The number of carbonyl (C=O) groups excluding carboxylic acids is 2. The summed E-state index contributed by atoms with van der Waals surface area (Å²) in [6.45, 7) is 0. The highest BCUT2D eigenvalue weighted by molar-refractivity contribution is 9.10. The number of aromatic amines is 1. The minimum atomic E-state index is -1.00. The summed E-state index contributed by atoms with van der Waals surface area (Å²) in [5.41, 5.74) is 2.84. The Morgan fingerprint density at radius 2 is 1.59 bits per heavy atom. The van der Waals surface area contributed by atoms with Gasteiger partial charge in [-0.05, 0) is 23.8 Å². The Morgan fingerprint density at radius 1 is 0.897 bits per heavy atom. The van der Waals surface area contributed by atoms with Gasteiger partial charge in [0.2, 0.25) is 5.78 Å². The van der Waals surface area contributed by atoms with Crippen LogP contribution in [0.4, 0.5) is 0 Å². The SMILES string of the molecule is O=C(Cc1ccc(Br)cc1)O[C@@H](C(=O)c1c[nH]c2ccccc12)c1ccccc1. The van der Waals surface area contributed by atoms with Crippen molar-refractivity contribution in [2.45, 2.75) is 12.5 Å². The van der Waals surface area contributed by atoms with Crippen molar-refractivity contribution >= 4 is 38.6 Å². The molecular weight excluding hydrogens is 430 g/mol. The Bertz CT molecular complexity index is 1150. The Labute approximate surface area is 176 Å². The van der Waals surface area contributed by atoms with Crippen LogP contribution in [0.3, 0.4) is 0 Å². The smallest absolute Gasteiger partial charge is 0.311 e. The lowest BCUT2D eigenvalue weighted by molar-refractivity contribution is -0.146. The van der Waals surface area contributed by atoms with Gasteiger partial charge in [0, 0.05) is 32.7 Å². The fraction of sp³-hybridized carbons (Fsp3) is 0.0833. The number of halogens is 1. The van der Waals surface area contributed by atoms with Crippen LogP contribution in [0.1, 0.15) is 27.6 Å². The van der Waals surface area contributed by atoms with E-state index in [0.29, 0.717) is 11.1 Å². The number of esters is 1. The zero-order valence-corrected chi connectivity index (χ0v) is 17.1. The third kappa shape index (κ3) is 4.30. The second-order valence-corrected chi connectivity index (χ2v) is 7.61. The summed E-state index contributed by atoms with van der Waals surface area (Å²) in [5, 5.41) is 0.808. The van der Waals surface area contributed by atoms with Crippen LogP contribution >= 0.6 is 15.9 Å². The van der Waals surface area contributed by atoms with Crippen molar-refractivity contribution in [2.75, 3.05) is 0 Å². The summed E-state index contributed by atoms with van der Waals surface area (Å²) in [4.78, 5) is 29.1. The van der Waals surface area contributed by atoms with E-state index >= 15 is 0 Å². The second kappa shape index (κ2) is 8.45. The molecule has 0 amide bonds. The molecular formula is C24H18BrNO3. The number of H-pyrrole nitrogens is 1. The van der Waals surface area contributed by atoms with Crippen molar-refractivity contribution < 1.29 is 14.3 Å². The van der Waals surface area contributed by atoms with E-state index in [1.54, 1.807) is 18.3 Å². The molecule has 3 aromatic carbocycles. The Morgan fingerprint density at radius 3 is 2.34 bits per heavy atom. The van der Waals surface area contributed by atoms with Crippen LogP contribution in [0.15, 0.2) is 89.5 Å². The maximum absolute atomic E-state index is 13.3. The summed E-state index contributed by atoms with van der Waals surface area (Å²) in [5.74, 6) is -0.702. The predicted molar refractivity (Wildman–Crippen MR) is 116 cm³/mol. The second-order valence-electron chi connectivity index (χ2n) is 6.70. The van der Waals surface area contributed by atoms with Crippen molar-refractivity contribution in [1.29, 1.82) is 0 Å². The summed E-state index contributed by atoms with van der Waals surface area (Å²) in [7, 11) is 0. The Hall–Kier alpha value is -3.18. The van der Waals surface area contributed by atoms with Gasteiger partial charge in [-0.2, -0.15) is 0 Å². The minimum absolute atomic E-state index is 0.0950. The number of hydrogen-bond donors (Lipinski definition) is 1. The first-order chi connectivity index (χ1) is 14.1. The van der Waals surface area contributed by atoms with Gasteiger partial charge in [-0.15, -0.1) is 0 Å². The molecule has 1 aromatic heterocycles. The quantitative estimate of drug-likeness (QED) is 0.307. The Balaban J connectivity index is 1.62. The van der Waals surface area contributed by atoms with Crippen molar-refractivity contribution in [1.82, 2.24) is 4.98 Å². The number of nitrogens with one attached hydrogen (secondary N) is 1. The number of para-hydroxylation sites is 1. The molecule has 0 aliphatic heterocycles. The number of fused-ring (bicyclic) bond motifs is 1. The molecule has 0 spiro atoms. The van der Waals surface area contributed by atoms with Gasteiger partial charge in [0.05, 0.1) is 6.42 Å². The highest BCUT2D eigenvalue weighted by Crippen LogP contribution is 2.27. The van der Waals surface area contributed by atoms with Crippen molar-refractivity contribution in [3.05, 3.63) is 106 Å². The number of aromatic nitrogens is 1. The molecule has 4 nitrogen and oxygen atoms in total. The van der Waals surface area contributed by atoms with Gasteiger partial charge in [-0.3, -0.25) is 9.59 Å². The van der Waals surface area contributed by atoms with Gasteiger partial charge in [0.15, 0.2) is 6.10 Å². The average Bonchev–Trinajstić information content (AvgIpc) is 3.18. The molecule has 4 aromatic rings. The van der Waals surface area contributed by atoms with Crippen molar-refractivity contribution in [3.8, 4) is 0 Å². The summed E-state index contributed by atoms with van der Waals surface area (Å²) >= 11 is 3.38. The monoisotopic (exact) mass is 447 g/mol. The van der Waals surface area contributed by atoms with Gasteiger partial charge in [-0.25, -0.2) is 0 Å². The predicted octanol–water partition coefficient (Wildman–Crippen LogP) is 5.64. The lowest BCUT2D eigenvalue weighted by Crippen LogP contribution is -2.21. The number of Topliss-reactive ketones (excluding diaryl/α,β-unsaturated/α-hetero) is 1. The molecule has 0 aliphatic carbocycles. The van der Waals surface area contributed by atoms with Gasteiger partial charge >= 0.3 is 5.97 Å². The highest BCUT2D eigenvalue weighted by atomic mass is 79.9. The molecule has 0 aliphatic rings. The van der Waals surface area contributed by atoms with Crippen LogP contribution in [0, 0.1) is 0 Å². The number of benzene rings is 3. The maximum Gasteiger partial charge on any atom is 0.311 e. The number of rotatable bonds is 6. The largest absolute Gasteiger partial charge is 0.449 e. The standard InChI is InChI=1S/C24H18BrNO3/c25-18-12-10-16(11-13-18)14-22(27)29-24(17-6-2-1-3-7-17)23(28)20-15-26-21-9-5-4-8-19(20)21/h1-13,15,24,26H,14H2/t24-/m1/s1. The molecule has 1 heterocycles. The van der Waals surface area contributed by atoms with Gasteiger partial charge < -0.3 is 9.72 Å². The summed E-state index contributed by atoms with van der Waals surface area (Å²) < 4.78 is 6.63. The average molecular weight is 448 g/mol. The maximum atomic E-state index is 13.3. The van der Waals surface area contributed by atoms with E-state index in [4.69, 9.17) is 4.74 Å². The molecule has 0 bridgehead atoms. The van der Waals surface area contributed by atoms with Crippen LogP contribution < -0.4 is 0 Å². The van der Waals surface area contributed by atoms with Crippen LogP contribution in [0.2, 0.25) is 0 Å². The minimum Gasteiger partial charge on any atom is -0.449 e. The number of ether oxygens (including phenoxy) is 1. The molecule has 0 fully saturated rings. The van der Waals surface area contributed by atoms with E-state index in [1.807, 2.05) is 66.7 Å². The van der Waals surface area contributed by atoms with Crippen LogP contribution in [-0.2, 0) is 16.0 Å². The topological polar surface area (TPSA) is 59.2 Å². The van der Waals surface area contributed by atoms with E-state index in [2.05, 4.69) is 20.9 Å². The molecule has 144 valence electrons. The molecule has 0 saturated heterocycles. The first-order valence-corrected chi connectivity index (χ1v) is 10.0. The molecule has 0 radical (unpaired) electrons. The number of ketones is 1. The van der Waals surface area contributed by atoms with E-state index in [0.717, 1.165) is 20.9 Å². The van der Waals surface area contributed by atoms with Crippen LogP contribution in [-0.4, -0.2) is 16.7 Å². The first-order valence-electron chi connectivity index (χ1n) is 9.21. The number of carbonyl (C=O) groups is 2. The van der Waals surface area contributed by atoms with E-state index in [9.17, 15) is 9.59 Å². The van der Waals surface area contributed by atoms with Gasteiger partial charge in [-0.1, -0.05) is 76.6 Å². The van der Waals surface area contributed by atoms with E-state index in [1.165, 1.54) is 0 Å². The zero-order valence-electron chi connectivity index (χ0n) is 15.5. The van der Waals surface area contributed by atoms with Crippen LogP contribution in [0.25, 0.3) is 10.9 Å². The van der Waals surface area contributed by atoms with Crippen molar-refractivity contribution in [3.63, 3.8) is 0 Å². The highest BCUT2D eigenvalue weighted by Gasteiger charge is 2.28. The fourth-order valence-corrected chi connectivity index (χ4v) is 3.52. The number of hydrogen-bond acceptors (Lipinski definition) is 3. The first kappa shape index (κ1) is 19.2. The zero-order chi connectivity index (χ0) is 20.2. The summed E-state index contributed by atoms with van der Waals surface area (Å²) in [6, 6.07) is 24.1. The van der Waals surface area contributed by atoms with E-state index < -0.39 is 12.1 Å². The normalized spacial score (nSPS) is 11.9. The van der Waals surface area contributed by atoms with Crippen LogP contribution in [0.5, 0.6) is 0 Å². The van der Waals surface area contributed by atoms with Gasteiger partial charge in [0.1, 0.15) is 0 Å². The van der Waals surface area contributed by atoms with E-state index in [-0.39, 0.29) is 12.2 Å². The molecule has 29 heavy (non-hydrogen) atoms. The summed E-state index contributed by atoms with van der Waals surface area (Å²) in [6.07, 6.45) is 0.766. The van der Waals surface area contributed by atoms with Crippen molar-refractivity contribution in [2.24, 2.45) is 0 Å². The lowest BCUT2D eigenvalue weighted by atomic mass is 9.99. The third-order valence-corrected chi connectivity index (χ3v) is 5.23. The Kier molecular flexibility index (Phi) is 5.58. The molecule has 0 saturated carbocycles.